The molecule has 0 fully saturated rings. The molecule has 0 heterocycles. The van der Waals surface area contributed by atoms with Crippen molar-refractivity contribution in [3.05, 3.63) is 39.4 Å². The Morgan fingerprint density at radius 2 is 1.73 bits per heavy atom. The van der Waals surface area contributed by atoms with Crippen LogP contribution in [0.25, 0.3) is 0 Å². The van der Waals surface area contributed by atoms with Gasteiger partial charge in [0, 0.05) is 36.6 Å². The van der Waals surface area contributed by atoms with Crippen molar-refractivity contribution in [1.82, 2.24) is 0 Å². The quantitative estimate of drug-likeness (QED) is 0.416. The van der Waals surface area contributed by atoms with Gasteiger partial charge in [-0.25, -0.2) is 0 Å². The Morgan fingerprint density at radius 1 is 1.27 bits per heavy atom. The summed E-state index contributed by atoms with van der Waals surface area (Å²) in [6.07, 6.45) is 0. The van der Waals surface area contributed by atoms with Gasteiger partial charge in [-0.1, -0.05) is 11.6 Å². The molecule has 0 radical (unpaired) electrons. The summed E-state index contributed by atoms with van der Waals surface area (Å²) in [6.45, 7) is 0. The fourth-order valence-electron chi connectivity index (χ4n) is 0.563. The number of rotatable bonds is 1. The van der Waals surface area contributed by atoms with Gasteiger partial charge in [0.1, 0.15) is 0 Å². The summed E-state index contributed by atoms with van der Waals surface area (Å²) in [7, 11) is 0. The van der Waals surface area contributed by atoms with Crippen LogP contribution in [0, 0.1) is 10.1 Å². The summed E-state index contributed by atoms with van der Waals surface area (Å²) < 4.78 is 0. The third kappa shape index (κ3) is 2.95. The SMILES string of the molecule is O=[N+]([O-])c1ccc(Cl)cc1.[Zn]. The van der Waals surface area contributed by atoms with Gasteiger partial charge in [-0.05, 0) is 12.1 Å². The maximum atomic E-state index is 10.1. The molecule has 0 saturated heterocycles. The molecule has 1 aromatic carbocycles. The van der Waals surface area contributed by atoms with E-state index in [1.54, 1.807) is 0 Å². The first kappa shape index (κ1) is 10.5. The van der Waals surface area contributed by atoms with E-state index in [-0.39, 0.29) is 25.2 Å². The molecule has 0 unspecified atom stereocenters. The number of nitro groups is 1. The van der Waals surface area contributed by atoms with E-state index in [4.69, 9.17) is 11.6 Å². The van der Waals surface area contributed by atoms with Gasteiger partial charge >= 0.3 is 0 Å². The predicted octanol–water partition coefficient (Wildman–Crippen LogP) is 2.25. The second-order valence-corrected chi connectivity index (χ2v) is 2.17. The van der Waals surface area contributed by atoms with Crippen molar-refractivity contribution in [1.29, 1.82) is 0 Å². The van der Waals surface area contributed by atoms with Crippen LogP contribution in [-0.2, 0) is 19.5 Å². The number of hydrogen-bond donors (Lipinski definition) is 0. The van der Waals surface area contributed by atoms with Crippen molar-refractivity contribution in [2.24, 2.45) is 0 Å². The molecular formula is C6H4ClNO2Zn. The van der Waals surface area contributed by atoms with Gasteiger partial charge < -0.3 is 0 Å². The Kier molecular flexibility index (Phi) is 4.23. The minimum Gasteiger partial charge on any atom is -0.258 e. The second kappa shape index (κ2) is 4.42. The second-order valence-electron chi connectivity index (χ2n) is 1.73. The molecule has 0 spiro atoms. The van der Waals surface area contributed by atoms with Crippen molar-refractivity contribution < 1.29 is 24.4 Å². The molecule has 0 aromatic heterocycles. The van der Waals surface area contributed by atoms with Crippen LogP contribution < -0.4 is 0 Å². The zero-order valence-corrected chi connectivity index (χ0v) is 9.38. The molecule has 1 rings (SSSR count). The Balaban J connectivity index is 0.000001000. The van der Waals surface area contributed by atoms with Crippen LogP contribution in [0.2, 0.25) is 5.02 Å². The average molecular weight is 223 g/mol. The standard InChI is InChI=1S/C6H4ClNO2.Zn/c7-5-1-3-6(4-2-5)8(9)10;/h1-4H;. The number of benzene rings is 1. The number of nitrogens with zero attached hydrogens (tertiary/aromatic N) is 1. The van der Waals surface area contributed by atoms with E-state index in [1.807, 2.05) is 0 Å². The summed E-state index contributed by atoms with van der Waals surface area (Å²) in [5.41, 5.74) is 0.0596. The van der Waals surface area contributed by atoms with Gasteiger partial charge in [0.2, 0.25) is 0 Å². The van der Waals surface area contributed by atoms with Crippen molar-refractivity contribution in [3.8, 4) is 0 Å². The number of nitro benzene ring substituents is 1. The van der Waals surface area contributed by atoms with Crippen molar-refractivity contribution >= 4 is 17.3 Å². The monoisotopic (exact) mass is 221 g/mol. The maximum Gasteiger partial charge on any atom is 0.269 e. The maximum absolute atomic E-state index is 10.1. The number of halogens is 1. The van der Waals surface area contributed by atoms with Gasteiger partial charge in [-0.15, -0.1) is 0 Å². The molecule has 0 atom stereocenters. The van der Waals surface area contributed by atoms with E-state index in [1.165, 1.54) is 24.3 Å². The van der Waals surface area contributed by atoms with Crippen LogP contribution in [0.15, 0.2) is 24.3 Å². The van der Waals surface area contributed by atoms with Gasteiger partial charge in [-0.3, -0.25) is 10.1 Å². The normalized spacial score (nSPS) is 8.45. The molecule has 54 valence electrons. The van der Waals surface area contributed by atoms with Gasteiger partial charge in [0.05, 0.1) is 4.92 Å². The van der Waals surface area contributed by atoms with Crippen LogP contribution >= 0.6 is 11.6 Å². The van der Waals surface area contributed by atoms with Crippen LogP contribution in [0.5, 0.6) is 0 Å². The molecule has 0 aliphatic rings. The Bertz CT molecular complexity index is 249. The smallest absolute Gasteiger partial charge is 0.258 e. The largest absolute Gasteiger partial charge is 0.269 e. The van der Waals surface area contributed by atoms with Gasteiger partial charge in [0.15, 0.2) is 0 Å². The molecule has 5 heteroatoms. The van der Waals surface area contributed by atoms with Crippen LogP contribution in [0.1, 0.15) is 0 Å². The molecular weight excluding hydrogens is 219 g/mol. The Morgan fingerprint density at radius 3 is 2.09 bits per heavy atom. The minimum absolute atomic E-state index is 0. The first-order valence-corrected chi connectivity index (χ1v) is 2.98. The van der Waals surface area contributed by atoms with Crippen molar-refractivity contribution in [2.45, 2.75) is 0 Å². The van der Waals surface area contributed by atoms with Crippen LogP contribution in [-0.4, -0.2) is 4.92 Å². The molecule has 0 saturated carbocycles. The van der Waals surface area contributed by atoms with E-state index in [2.05, 4.69) is 0 Å². The zero-order chi connectivity index (χ0) is 7.56. The van der Waals surface area contributed by atoms with Crippen LogP contribution in [0.3, 0.4) is 0 Å². The fourth-order valence-corrected chi connectivity index (χ4v) is 0.689. The van der Waals surface area contributed by atoms with E-state index < -0.39 is 4.92 Å². The Labute approximate surface area is 81.3 Å². The van der Waals surface area contributed by atoms with Gasteiger partial charge in [-0.2, -0.15) is 0 Å². The van der Waals surface area contributed by atoms with E-state index in [9.17, 15) is 10.1 Å². The third-order valence-corrected chi connectivity index (χ3v) is 1.29. The molecule has 3 nitrogen and oxygen atoms in total. The van der Waals surface area contributed by atoms with Crippen LogP contribution in [0.4, 0.5) is 5.69 Å². The number of non-ortho nitro benzene ring substituents is 1. The third-order valence-electron chi connectivity index (χ3n) is 1.04. The molecule has 0 amide bonds. The molecule has 11 heavy (non-hydrogen) atoms. The molecule has 0 bridgehead atoms. The van der Waals surface area contributed by atoms with E-state index >= 15 is 0 Å². The molecule has 0 aliphatic carbocycles. The summed E-state index contributed by atoms with van der Waals surface area (Å²) in [5.74, 6) is 0. The number of hydrogen-bond acceptors (Lipinski definition) is 2. The average Bonchev–Trinajstić information content (AvgIpc) is 1.88. The molecule has 1 aromatic rings. The Hall–Kier alpha value is -0.467. The molecule has 0 aliphatic heterocycles. The summed E-state index contributed by atoms with van der Waals surface area (Å²) in [5, 5.41) is 10.6. The first-order valence-electron chi connectivity index (χ1n) is 2.60. The molecule has 0 N–H and O–H groups in total. The van der Waals surface area contributed by atoms with E-state index in [0.29, 0.717) is 5.02 Å². The fraction of sp³-hybridized carbons (Fsp3) is 0. The van der Waals surface area contributed by atoms with Gasteiger partial charge in [0.25, 0.3) is 5.69 Å². The van der Waals surface area contributed by atoms with Crippen molar-refractivity contribution in [2.75, 3.05) is 0 Å². The summed E-state index contributed by atoms with van der Waals surface area (Å²) in [6, 6.07) is 5.70. The minimum atomic E-state index is -0.462. The topological polar surface area (TPSA) is 43.1 Å². The predicted molar refractivity (Wildman–Crippen MR) is 38.1 cm³/mol. The summed E-state index contributed by atoms with van der Waals surface area (Å²) >= 11 is 5.49. The zero-order valence-electron chi connectivity index (χ0n) is 5.66. The van der Waals surface area contributed by atoms with Crippen molar-refractivity contribution in [3.63, 3.8) is 0 Å². The first-order chi connectivity index (χ1) is 4.70. The van der Waals surface area contributed by atoms with E-state index in [0.717, 1.165) is 0 Å². The summed E-state index contributed by atoms with van der Waals surface area (Å²) in [4.78, 5) is 9.61.